The normalized spacial score (nSPS) is 19.7. The number of hydrogen-bond acceptors (Lipinski definition) is 6. The van der Waals surface area contributed by atoms with Gasteiger partial charge in [0.25, 0.3) is 0 Å². The molecule has 0 radical (unpaired) electrons. The molecule has 3 rings (SSSR count). The Hall–Kier alpha value is -2.19. The van der Waals surface area contributed by atoms with E-state index in [0.29, 0.717) is 36.4 Å². The van der Waals surface area contributed by atoms with E-state index in [2.05, 4.69) is 0 Å². The maximum absolute atomic E-state index is 12.5. The predicted octanol–water partition coefficient (Wildman–Crippen LogP) is 3.34. The average molecular weight is 447 g/mol. The second-order valence-electron chi connectivity index (χ2n) is 7.84. The Labute approximate surface area is 183 Å². The molecule has 0 bridgehead atoms. The Morgan fingerprint density at radius 1 is 1.19 bits per heavy atom. The predicted molar refractivity (Wildman–Crippen MR) is 121 cm³/mol. The van der Waals surface area contributed by atoms with Gasteiger partial charge in [0.05, 0.1) is 18.5 Å². The number of hydrogen-bond donors (Lipinski definition) is 3. The molecule has 0 aliphatic carbocycles. The molecule has 1 aliphatic heterocycles. The van der Waals surface area contributed by atoms with Crippen LogP contribution in [0.4, 0.5) is 0 Å². The summed E-state index contributed by atoms with van der Waals surface area (Å²) in [6, 6.07) is 13.2. The lowest BCUT2D eigenvalue weighted by Gasteiger charge is -2.20. The van der Waals surface area contributed by atoms with E-state index in [-0.39, 0.29) is 12.4 Å². The molecule has 6 nitrogen and oxygen atoms in total. The molecule has 3 N–H and O–H groups in total. The Morgan fingerprint density at radius 2 is 1.94 bits per heavy atom. The maximum atomic E-state index is 12.5. The first kappa shape index (κ1) is 23.5. The summed E-state index contributed by atoms with van der Waals surface area (Å²) < 4.78 is 30.5. The summed E-state index contributed by atoms with van der Waals surface area (Å²) in [4.78, 5) is 0. The van der Waals surface area contributed by atoms with Gasteiger partial charge in [-0.05, 0) is 54.2 Å². The zero-order valence-corrected chi connectivity index (χ0v) is 18.5. The molecule has 168 valence electrons. The monoisotopic (exact) mass is 446 g/mol. The minimum atomic E-state index is -3.48. The number of aliphatic hydroxyl groups is 3. The highest BCUT2D eigenvalue weighted by Crippen LogP contribution is 2.35. The summed E-state index contributed by atoms with van der Waals surface area (Å²) in [5.41, 5.74) is 3.10. The van der Waals surface area contributed by atoms with Gasteiger partial charge in [0, 0.05) is 0 Å². The fourth-order valence-corrected chi connectivity index (χ4v) is 6.09. The molecular formula is C24H30O6S. The summed E-state index contributed by atoms with van der Waals surface area (Å²) in [6.07, 6.45) is 3.11. The number of sulfone groups is 1. The molecule has 0 spiro atoms. The van der Waals surface area contributed by atoms with Crippen LogP contribution < -0.4 is 0 Å². The van der Waals surface area contributed by atoms with Gasteiger partial charge in [-0.2, -0.15) is 0 Å². The van der Waals surface area contributed by atoms with E-state index >= 15 is 0 Å². The lowest BCUT2D eigenvalue weighted by molar-refractivity contribution is 0.190. The lowest BCUT2D eigenvalue weighted by Crippen LogP contribution is -2.29. The van der Waals surface area contributed by atoms with Gasteiger partial charge in [-0.1, -0.05) is 49.2 Å². The van der Waals surface area contributed by atoms with Gasteiger partial charge in [-0.3, -0.25) is 0 Å². The minimum Gasteiger partial charge on any atom is -0.459 e. The zero-order valence-electron chi connectivity index (χ0n) is 17.7. The van der Waals surface area contributed by atoms with Crippen LogP contribution in [0.1, 0.15) is 49.7 Å². The van der Waals surface area contributed by atoms with E-state index in [1.54, 1.807) is 12.1 Å². The Morgan fingerprint density at radius 3 is 2.55 bits per heavy atom. The number of rotatable bonds is 10. The van der Waals surface area contributed by atoms with E-state index in [4.69, 9.17) is 4.42 Å². The van der Waals surface area contributed by atoms with Crippen LogP contribution in [-0.2, 0) is 16.4 Å². The number of aliphatic hydroxyl groups excluding tert-OH is 3. The van der Waals surface area contributed by atoms with Gasteiger partial charge >= 0.3 is 0 Å². The summed E-state index contributed by atoms with van der Waals surface area (Å²) in [6.45, 7) is 1.27. The first-order valence-corrected chi connectivity index (χ1v) is 12.3. The molecule has 0 amide bonds. The molecular weight excluding hydrogens is 416 g/mol. The number of furan rings is 1. The Bertz CT molecular complexity index is 1030. The second-order valence-corrected chi connectivity index (χ2v) is 10.0. The smallest absolute Gasteiger partial charge is 0.163 e. The highest BCUT2D eigenvalue weighted by molar-refractivity contribution is 7.92. The molecule has 1 aromatic carbocycles. The van der Waals surface area contributed by atoms with Crippen molar-refractivity contribution in [2.24, 2.45) is 0 Å². The molecule has 0 fully saturated rings. The van der Waals surface area contributed by atoms with Crippen molar-refractivity contribution in [1.82, 2.24) is 0 Å². The lowest BCUT2D eigenvalue weighted by atomic mass is 9.92. The van der Waals surface area contributed by atoms with Crippen molar-refractivity contribution in [3.63, 3.8) is 0 Å². The van der Waals surface area contributed by atoms with Crippen LogP contribution >= 0.6 is 0 Å². The molecule has 1 aromatic heterocycles. The van der Waals surface area contributed by atoms with Crippen LogP contribution in [0.3, 0.4) is 0 Å². The molecule has 2 atom stereocenters. The molecule has 2 heterocycles. The van der Waals surface area contributed by atoms with Gasteiger partial charge in [0.15, 0.2) is 9.84 Å². The molecule has 0 saturated carbocycles. The van der Waals surface area contributed by atoms with Crippen LogP contribution in [0.2, 0.25) is 0 Å². The van der Waals surface area contributed by atoms with Crippen LogP contribution in [-0.4, -0.2) is 47.5 Å². The number of benzene rings is 1. The molecule has 0 unspecified atom stereocenters. The quantitative estimate of drug-likeness (QED) is 0.483. The molecule has 0 saturated heterocycles. The third-order valence-corrected chi connectivity index (χ3v) is 7.65. The largest absolute Gasteiger partial charge is 0.459 e. The van der Waals surface area contributed by atoms with E-state index in [0.717, 1.165) is 23.1 Å². The van der Waals surface area contributed by atoms with Crippen molar-refractivity contribution >= 4 is 21.5 Å². The van der Waals surface area contributed by atoms with Crippen molar-refractivity contribution in [2.75, 3.05) is 12.4 Å². The van der Waals surface area contributed by atoms with Crippen LogP contribution in [0.15, 0.2) is 58.0 Å². The molecule has 31 heavy (non-hydrogen) atoms. The highest BCUT2D eigenvalue weighted by atomic mass is 32.2. The van der Waals surface area contributed by atoms with Crippen LogP contribution in [0.5, 0.6) is 0 Å². The standard InChI is InChI=1S/C24H30O6S/c1-2-6-19-16-31(28,29)23(15-26)24(19)22(27)12-9-18(17-7-4-3-5-8-17)13-20-10-11-21(14-25)30-20/h3-5,7-8,10-11,13,22-23,25-27H,2,6,9,12,14-16H2,1H3/b18-13-/t22-,23+/m1/s1. The van der Waals surface area contributed by atoms with E-state index in [1.165, 1.54) is 0 Å². The fraction of sp³-hybridized carbons (Fsp3) is 0.417. The van der Waals surface area contributed by atoms with Gasteiger partial charge < -0.3 is 19.7 Å². The number of allylic oxidation sites excluding steroid dienone is 1. The second kappa shape index (κ2) is 10.4. The van der Waals surface area contributed by atoms with Crippen molar-refractivity contribution in [3.8, 4) is 0 Å². The summed E-state index contributed by atoms with van der Waals surface area (Å²) in [5, 5.41) is 28.9. The average Bonchev–Trinajstić information content (AvgIpc) is 3.32. The molecule has 2 aromatic rings. The fourth-order valence-electron chi connectivity index (χ4n) is 4.16. The minimum absolute atomic E-state index is 0.0871. The third-order valence-electron chi connectivity index (χ3n) is 5.63. The van der Waals surface area contributed by atoms with Crippen molar-refractivity contribution in [1.29, 1.82) is 0 Å². The van der Waals surface area contributed by atoms with Crippen LogP contribution in [0.25, 0.3) is 11.6 Å². The first-order valence-electron chi connectivity index (χ1n) is 10.6. The van der Waals surface area contributed by atoms with Crippen molar-refractivity contribution in [2.45, 2.75) is 50.6 Å². The van der Waals surface area contributed by atoms with Crippen LogP contribution in [0, 0.1) is 0 Å². The topological polar surface area (TPSA) is 108 Å². The SMILES string of the molecule is CCCC1=C([C@H](O)CC/C(=C/c2ccc(CO)o2)c2ccccc2)[C@H](CO)S(=O)(=O)C1. The summed E-state index contributed by atoms with van der Waals surface area (Å²) in [7, 11) is -3.48. The van der Waals surface area contributed by atoms with Crippen molar-refractivity contribution < 1.29 is 28.2 Å². The highest BCUT2D eigenvalue weighted by Gasteiger charge is 2.40. The van der Waals surface area contributed by atoms with Gasteiger partial charge in [0.1, 0.15) is 23.4 Å². The van der Waals surface area contributed by atoms with Crippen molar-refractivity contribution in [3.05, 3.63) is 70.7 Å². The zero-order chi connectivity index (χ0) is 22.4. The maximum Gasteiger partial charge on any atom is 0.163 e. The van der Waals surface area contributed by atoms with Gasteiger partial charge in [-0.15, -0.1) is 0 Å². The molecule has 7 heteroatoms. The Kier molecular flexibility index (Phi) is 7.89. The van der Waals surface area contributed by atoms with E-state index in [1.807, 2.05) is 43.3 Å². The Balaban J connectivity index is 1.86. The van der Waals surface area contributed by atoms with Gasteiger partial charge in [-0.25, -0.2) is 8.42 Å². The molecule has 1 aliphatic rings. The summed E-state index contributed by atoms with van der Waals surface area (Å²) in [5.74, 6) is 0.978. The van der Waals surface area contributed by atoms with E-state index < -0.39 is 27.8 Å². The third kappa shape index (κ3) is 5.54. The first-order chi connectivity index (χ1) is 14.9. The summed E-state index contributed by atoms with van der Waals surface area (Å²) >= 11 is 0. The van der Waals surface area contributed by atoms with Gasteiger partial charge in [0.2, 0.25) is 0 Å². The van der Waals surface area contributed by atoms with E-state index in [9.17, 15) is 23.7 Å².